The monoisotopic (exact) mass is 179 g/mol. The first kappa shape index (κ1) is 9.58. The number of rotatable bonds is 3. The molecule has 70 valence electrons. The molecule has 0 aliphatic carbocycles. The van der Waals surface area contributed by atoms with Crippen LogP contribution in [0.4, 0.5) is 4.79 Å². The van der Waals surface area contributed by atoms with Crippen LogP contribution in [-0.2, 0) is 6.42 Å². The molecule has 0 aromatic heterocycles. The predicted octanol–water partition coefficient (Wildman–Crippen LogP) is 1.89. The van der Waals surface area contributed by atoms with Crippen molar-refractivity contribution in [1.82, 2.24) is 5.32 Å². The second-order valence-electron chi connectivity index (χ2n) is 3.04. The summed E-state index contributed by atoms with van der Waals surface area (Å²) >= 11 is 0. The van der Waals surface area contributed by atoms with Crippen LogP contribution in [-0.4, -0.2) is 17.2 Å². The van der Waals surface area contributed by atoms with E-state index in [0.29, 0.717) is 0 Å². The summed E-state index contributed by atoms with van der Waals surface area (Å²) < 4.78 is 0. The number of nitrogens with one attached hydrogen (secondary N) is 1. The van der Waals surface area contributed by atoms with Gasteiger partial charge in [-0.05, 0) is 18.9 Å². The second-order valence-corrected chi connectivity index (χ2v) is 3.04. The average molecular weight is 179 g/mol. The Bertz CT molecular complexity index is 272. The van der Waals surface area contributed by atoms with Crippen LogP contribution in [0.2, 0.25) is 0 Å². The van der Waals surface area contributed by atoms with Crippen molar-refractivity contribution in [3.63, 3.8) is 0 Å². The van der Waals surface area contributed by atoms with Gasteiger partial charge in [-0.2, -0.15) is 0 Å². The van der Waals surface area contributed by atoms with Crippen molar-refractivity contribution in [3.8, 4) is 0 Å². The third kappa shape index (κ3) is 3.60. The van der Waals surface area contributed by atoms with Crippen molar-refractivity contribution >= 4 is 6.09 Å². The molecule has 0 bridgehead atoms. The number of hydrogen-bond donors (Lipinski definition) is 2. The van der Waals surface area contributed by atoms with Gasteiger partial charge < -0.3 is 10.4 Å². The zero-order valence-electron chi connectivity index (χ0n) is 7.53. The smallest absolute Gasteiger partial charge is 0.404 e. The lowest BCUT2D eigenvalue weighted by Crippen LogP contribution is -2.32. The van der Waals surface area contributed by atoms with E-state index >= 15 is 0 Å². The molecule has 1 rings (SSSR count). The predicted molar refractivity (Wildman–Crippen MR) is 50.8 cm³/mol. The molecule has 0 spiro atoms. The fourth-order valence-electron chi connectivity index (χ4n) is 1.23. The fraction of sp³-hybridized carbons (Fsp3) is 0.300. The minimum Gasteiger partial charge on any atom is -0.465 e. The largest absolute Gasteiger partial charge is 0.465 e. The molecule has 3 heteroatoms. The highest BCUT2D eigenvalue weighted by Gasteiger charge is 2.04. The minimum atomic E-state index is -0.969. The first-order valence-electron chi connectivity index (χ1n) is 4.22. The summed E-state index contributed by atoms with van der Waals surface area (Å²) in [4.78, 5) is 10.3. The molecule has 2 N–H and O–H groups in total. The van der Waals surface area contributed by atoms with Crippen LogP contribution in [0.5, 0.6) is 0 Å². The van der Waals surface area contributed by atoms with Crippen LogP contribution in [0.25, 0.3) is 0 Å². The third-order valence-corrected chi connectivity index (χ3v) is 1.75. The molecule has 1 aromatic carbocycles. The molecule has 0 fully saturated rings. The third-order valence-electron chi connectivity index (χ3n) is 1.75. The summed E-state index contributed by atoms with van der Waals surface area (Å²) in [5.74, 6) is 0. The zero-order valence-corrected chi connectivity index (χ0v) is 7.53. The summed E-state index contributed by atoms with van der Waals surface area (Å²) in [6.45, 7) is 1.85. The molecule has 0 aliphatic rings. The Hall–Kier alpha value is -1.51. The van der Waals surface area contributed by atoms with E-state index in [0.717, 1.165) is 12.0 Å². The number of hydrogen-bond acceptors (Lipinski definition) is 1. The van der Waals surface area contributed by atoms with Crippen LogP contribution < -0.4 is 5.32 Å². The molecule has 0 saturated heterocycles. The Balaban J connectivity index is 2.45. The van der Waals surface area contributed by atoms with Gasteiger partial charge in [-0.15, -0.1) is 0 Å². The van der Waals surface area contributed by atoms with Crippen molar-refractivity contribution in [2.75, 3.05) is 0 Å². The van der Waals surface area contributed by atoms with Gasteiger partial charge in [0.2, 0.25) is 0 Å². The molecular formula is C10H13NO2. The summed E-state index contributed by atoms with van der Waals surface area (Å²) in [7, 11) is 0. The van der Waals surface area contributed by atoms with Crippen LogP contribution in [0.1, 0.15) is 12.5 Å². The highest BCUT2D eigenvalue weighted by atomic mass is 16.4. The van der Waals surface area contributed by atoms with Gasteiger partial charge in [0.25, 0.3) is 0 Å². The van der Waals surface area contributed by atoms with E-state index in [1.807, 2.05) is 37.3 Å². The van der Waals surface area contributed by atoms with Gasteiger partial charge in [-0.25, -0.2) is 4.79 Å². The Morgan fingerprint density at radius 2 is 2.08 bits per heavy atom. The van der Waals surface area contributed by atoms with Crippen molar-refractivity contribution in [2.45, 2.75) is 19.4 Å². The Morgan fingerprint density at radius 3 is 2.62 bits per heavy atom. The SMILES string of the molecule is C[C@@H](Cc1ccccc1)NC(=O)O. The second kappa shape index (κ2) is 4.50. The number of carbonyl (C=O) groups is 1. The summed E-state index contributed by atoms with van der Waals surface area (Å²) in [6.07, 6.45) is -0.240. The standard InChI is InChI=1S/C10H13NO2/c1-8(11-10(12)13)7-9-5-3-2-4-6-9/h2-6,8,11H,7H2,1H3,(H,12,13)/t8-/m0/s1. The van der Waals surface area contributed by atoms with Gasteiger partial charge in [-0.3, -0.25) is 0 Å². The molecule has 3 nitrogen and oxygen atoms in total. The molecule has 0 saturated carbocycles. The molecule has 1 amide bonds. The van der Waals surface area contributed by atoms with Crippen LogP contribution in [0.3, 0.4) is 0 Å². The molecule has 0 radical (unpaired) electrons. The van der Waals surface area contributed by atoms with E-state index in [-0.39, 0.29) is 6.04 Å². The van der Waals surface area contributed by atoms with E-state index in [1.165, 1.54) is 0 Å². The average Bonchev–Trinajstić information content (AvgIpc) is 2.04. The lowest BCUT2D eigenvalue weighted by atomic mass is 10.1. The molecule has 1 atom stereocenters. The van der Waals surface area contributed by atoms with Gasteiger partial charge in [0.05, 0.1) is 0 Å². The molecule has 1 aromatic rings. The van der Waals surface area contributed by atoms with Crippen molar-refractivity contribution in [2.24, 2.45) is 0 Å². The molecular weight excluding hydrogens is 166 g/mol. The van der Waals surface area contributed by atoms with E-state index in [4.69, 9.17) is 5.11 Å². The van der Waals surface area contributed by atoms with E-state index in [1.54, 1.807) is 0 Å². The van der Waals surface area contributed by atoms with Crippen LogP contribution >= 0.6 is 0 Å². The summed E-state index contributed by atoms with van der Waals surface area (Å²) in [6, 6.07) is 9.77. The van der Waals surface area contributed by atoms with Crippen molar-refractivity contribution in [1.29, 1.82) is 0 Å². The number of amides is 1. The van der Waals surface area contributed by atoms with Crippen molar-refractivity contribution < 1.29 is 9.90 Å². The topological polar surface area (TPSA) is 49.3 Å². The first-order valence-corrected chi connectivity index (χ1v) is 4.22. The van der Waals surface area contributed by atoms with Crippen molar-refractivity contribution in [3.05, 3.63) is 35.9 Å². The number of benzene rings is 1. The highest BCUT2D eigenvalue weighted by Crippen LogP contribution is 2.02. The van der Waals surface area contributed by atoms with Gasteiger partial charge in [0.15, 0.2) is 0 Å². The van der Waals surface area contributed by atoms with Crippen LogP contribution in [0.15, 0.2) is 30.3 Å². The molecule has 13 heavy (non-hydrogen) atoms. The maximum Gasteiger partial charge on any atom is 0.404 e. The van der Waals surface area contributed by atoms with E-state index in [2.05, 4.69) is 5.32 Å². The molecule has 0 heterocycles. The van der Waals surface area contributed by atoms with Gasteiger partial charge in [0.1, 0.15) is 0 Å². The normalized spacial score (nSPS) is 12.1. The quantitative estimate of drug-likeness (QED) is 0.744. The Morgan fingerprint density at radius 1 is 1.46 bits per heavy atom. The summed E-state index contributed by atoms with van der Waals surface area (Å²) in [5, 5.41) is 10.9. The molecule has 0 aliphatic heterocycles. The summed E-state index contributed by atoms with van der Waals surface area (Å²) in [5.41, 5.74) is 1.14. The van der Waals surface area contributed by atoms with Gasteiger partial charge in [0, 0.05) is 6.04 Å². The zero-order chi connectivity index (χ0) is 9.68. The highest BCUT2D eigenvalue weighted by molar-refractivity contribution is 5.64. The lowest BCUT2D eigenvalue weighted by molar-refractivity contribution is 0.190. The first-order chi connectivity index (χ1) is 6.18. The van der Waals surface area contributed by atoms with E-state index < -0.39 is 6.09 Å². The van der Waals surface area contributed by atoms with E-state index in [9.17, 15) is 4.79 Å². The van der Waals surface area contributed by atoms with Crippen LogP contribution in [0, 0.1) is 0 Å². The number of carboxylic acid groups (broad SMARTS) is 1. The molecule has 0 unspecified atom stereocenters. The minimum absolute atomic E-state index is 0.0418. The lowest BCUT2D eigenvalue weighted by Gasteiger charge is -2.10. The van der Waals surface area contributed by atoms with Gasteiger partial charge >= 0.3 is 6.09 Å². The Kier molecular flexibility index (Phi) is 3.31. The maximum absolute atomic E-state index is 10.3. The maximum atomic E-state index is 10.3. The fourth-order valence-corrected chi connectivity index (χ4v) is 1.23. The van der Waals surface area contributed by atoms with Gasteiger partial charge in [-0.1, -0.05) is 30.3 Å². The Labute approximate surface area is 77.4 Å².